The Labute approximate surface area is 125 Å². The molecule has 2 aromatic rings. The average Bonchev–Trinajstić information content (AvgIpc) is 2.39. The standard InChI is InChI=1S/C14H13BrClFN2/c1-2-12(14-6-4-10(17)8-18-14)19-13-5-3-9(16)7-11(13)15/h3-8,12,19H,2H2,1H3. The highest BCUT2D eigenvalue weighted by atomic mass is 79.9. The van der Waals surface area contributed by atoms with Crippen LogP contribution in [0.2, 0.25) is 5.02 Å². The number of pyridine rings is 1. The molecule has 2 nitrogen and oxygen atoms in total. The second-order valence-corrected chi connectivity index (χ2v) is 5.42. The van der Waals surface area contributed by atoms with Crippen LogP contribution in [0.5, 0.6) is 0 Å². The molecule has 19 heavy (non-hydrogen) atoms. The molecule has 0 saturated heterocycles. The van der Waals surface area contributed by atoms with Gasteiger partial charge in [0.15, 0.2) is 0 Å². The smallest absolute Gasteiger partial charge is 0.141 e. The zero-order chi connectivity index (χ0) is 13.8. The van der Waals surface area contributed by atoms with Gasteiger partial charge in [0, 0.05) is 15.2 Å². The van der Waals surface area contributed by atoms with E-state index in [0.29, 0.717) is 5.02 Å². The molecule has 1 aromatic heterocycles. The summed E-state index contributed by atoms with van der Waals surface area (Å²) in [5.74, 6) is -0.328. The number of aromatic nitrogens is 1. The zero-order valence-corrected chi connectivity index (χ0v) is 12.7. The highest BCUT2D eigenvalue weighted by molar-refractivity contribution is 9.10. The minimum Gasteiger partial charge on any atom is -0.376 e. The third kappa shape index (κ3) is 3.67. The molecule has 1 unspecified atom stereocenters. The van der Waals surface area contributed by atoms with Crippen LogP contribution < -0.4 is 5.32 Å². The van der Waals surface area contributed by atoms with Crippen molar-refractivity contribution in [3.05, 3.63) is 57.5 Å². The van der Waals surface area contributed by atoms with Crippen LogP contribution in [0.1, 0.15) is 25.1 Å². The number of benzene rings is 1. The zero-order valence-electron chi connectivity index (χ0n) is 10.3. The van der Waals surface area contributed by atoms with Gasteiger partial charge in [-0.25, -0.2) is 4.39 Å². The van der Waals surface area contributed by atoms with Crippen molar-refractivity contribution in [3.8, 4) is 0 Å². The summed E-state index contributed by atoms with van der Waals surface area (Å²) in [4.78, 5) is 4.11. The maximum absolute atomic E-state index is 12.9. The maximum Gasteiger partial charge on any atom is 0.141 e. The fraction of sp³-hybridized carbons (Fsp3) is 0.214. The Balaban J connectivity index is 2.21. The fourth-order valence-corrected chi connectivity index (χ4v) is 2.57. The van der Waals surface area contributed by atoms with Gasteiger partial charge in [0.05, 0.1) is 17.9 Å². The molecular weight excluding hydrogens is 331 g/mol. The van der Waals surface area contributed by atoms with E-state index >= 15 is 0 Å². The maximum atomic E-state index is 12.9. The number of nitrogens with one attached hydrogen (secondary N) is 1. The molecule has 1 atom stereocenters. The second kappa shape index (κ2) is 6.35. The lowest BCUT2D eigenvalue weighted by Gasteiger charge is -2.19. The van der Waals surface area contributed by atoms with Crippen LogP contribution in [0.3, 0.4) is 0 Å². The van der Waals surface area contributed by atoms with E-state index in [1.165, 1.54) is 12.3 Å². The number of rotatable bonds is 4. The van der Waals surface area contributed by atoms with Crippen LogP contribution in [0, 0.1) is 5.82 Å². The van der Waals surface area contributed by atoms with Gasteiger partial charge in [0.25, 0.3) is 0 Å². The highest BCUT2D eigenvalue weighted by Crippen LogP contribution is 2.29. The summed E-state index contributed by atoms with van der Waals surface area (Å²) in [5, 5.41) is 4.04. The highest BCUT2D eigenvalue weighted by Gasteiger charge is 2.12. The summed E-state index contributed by atoms with van der Waals surface area (Å²) >= 11 is 9.37. The molecule has 0 radical (unpaired) electrons. The van der Waals surface area contributed by atoms with Crippen molar-refractivity contribution in [2.45, 2.75) is 19.4 Å². The van der Waals surface area contributed by atoms with Gasteiger partial charge >= 0.3 is 0 Å². The van der Waals surface area contributed by atoms with Crippen molar-refractivity contribution in [1.29, 1.82) is 0 Å². The number of nitrogens with zero attached hydrogens (tertiary/aromatic N) is 1. The van der Waals surface area contributed by atoms with Crippen LogP contribution in [-0.2, 0) is 0 Å². The normalized spacial score (nSPS) is 12.2. The lowest BCUT2D eigenvalue weighted by atomic mass is 10.1. The van der Waals surface area contributed by atoms with Gasteiger partial charge in [-0.1, -0.05) is 18.5 Å². The van der Waals surface area contributed by atoms with Crippen LogP contribution in [0.4, 0.5) is 10.1 Å². The summed E-state index contributed by atoms with van der Waals surface area (Å²) < 4.78 is 13.8. The Hall–Kier alpha value is -1.13. The van der Waals surface area contributed by atoms with Crippen LogP contribution in [-0.4, -0.2) is 4.98 Å². The predicted octanol–water partition coefficient (Wildman–Crippen LogP) is 5.20. The van der Waals surface area contributed by atoms with Gasteiger partial charge < -0.3 is 5.32 Å². The first-order chi connectivity index (χ1) is 9.10. The molecule has 1 aromatic carbocycles. The van der Waals surface area contributed by atoms with E-state index in [-0.39, 0.29) is 11.9 Å². The molecule has 1 heterocycles. The van der Waals surface area contributed by atoms with Crippen molar-refractivity contribution in [1.82, 2.24) is 4.98 Å². The van der Waals surface area contributed by atoms with Crippen molar-refractivity contribution in [2.75, 3.05) is 5.32 Å². The molecule has 0 aliphatic rings. The third-order valence-electron chi connectivity index (χ3n) is 2.78. The molecule has 2 rings (SSSR count). The van der Waals surface area contributed by atoms with E-state index in [2.05, 4.69) is 26.2 Å². The molecule has 0 aliphatic carbocycles. The average molecular weight is 344 g/mol. The van der Waals surface area contributed by atoms with E-state index in [4.69, 9.17) is 11.6 Å². The summed E-state index contributed by atoms with van der Waals surface area (Å²) in [6, 6.07) is 8.69. The summed E-state index contributed by atoms with van der Waals surface area (Å²) in [6.45, 7) is 2.05. The Morgan fingerprint density at radius 1 is 1.37 bits per heavy atom. The van der Waals surface area contributed by atoms with Gasteiger partial charge in [-0.05, 0) is 52.7 Å². The Kier molecular flexibility index (Phi) is 4.77. The molecule has 1 N–H and O–H groups in total. The topological polar surface area (TPSA) is 24.9 Å². The van der Waals surface area contributed by atoms with E-state index in [1.54, 1.807) is 6.07 Å². The molecule has 5 heteroatoms. The van der Waals surface area contributed by atoms with Crippen molar-refractivity contribution < 1.29 is 4.39 Å². The largest absolute Gasteiger partial charge is 0.376 e. The number of hydrogen-bond acceptors (Lipinski definition) is 2. The Morgan fingerprint density at radius 2 is 2.16 bits per heavy atom. The van der Waals surface area contributed by atoms with E-state index in [9.17, 15) is 4.39 Å². The van der Waals surface area contributed by atoms with Crippen LogP contribution in [0.15, 0.2) is 41.0 Å². The van der Waals surface area contributed by atoms with Crippen LogP contribution in [0.25, 0.3) is 0 Å². The number of hydrogen-bond donors (Lipinski definition) is 1. The van der Waals surface area contributed by atoms with E-state index in [0.717, 1.165) is 22.3 Å². The first-order valence-electron chi connectivity index (χ1n) is 5.93. The van der Waals surface area contributed by atoms with Gasteiger partial charge in [0.2, 0.25) is 0 Å². The van der Waals surface area contributed by atoms with Crippen molar-refractivity contribution >= 4 is 33.2 Å². The summed E-state index contributed by atoms with van der Waals surface area (Å²) in [7, 11) is 0. The molecule has 100 valence electrons. The molecular formula is C14H13BrClFN2. The lowest BCUT2D eigenvalue weighted by Crippen LogP contribution is -2.11. The van der Waals surface area contributed by atoms with E-state index in [1.807, 2.05) is 25.1 Å². The molecule has 0 amide bonds. The van der Waals surface area contributed by atoms with Gasteiger partial charge in [-0.15, -0.1) is 0 Å². The van der Waals surface area contributed by atoms with Crippen LogP contribution >= 0.6 is 27.5 Å². The molecule has 0 fully saturated rings. The molecule has 0 aliphatic heterocycles. The van der Waals surface area contributed by atoms with Crippen molar-refractivity contribution in [3.63, 3.8) is 0 Å². The van der Waals surface area contributed by atoms with Gasteiger partial charge in [-0.3, -0.25) is 4.98 Å². The van der Waals surface area contributed by atoms with Gasteiger partial charge in [0.1, 0.15) is 5.82 Å². The first kappa shape index (κ1) is 14.3. The summed E-state index contributed by atoms with van der Waals surface area (Å²) in [5.41, 5.74) is 1.74. The summed E-state index contributed by atoms with van der Waals surface area (Å²) in [6.07, 6.45) is 2.07. The first-order valence-corrected chi connectivity index (χ1v) is 7.10. The van der Waals surface area contributed by atoms with E-state index < -0.39 is 0 Å². The molecule has 0 spiro atoms. The molecule has 0 bridgehead atoms. The quantitative estimate of drug-likeness (QED) is 0.825. The minimum absolute atomic E-state index is 0.0260. The number of halogens is 3. The van der Waals surface area contributed by atoms with Gasteiger partial charge in [-0.2, -0.15) is 0 Å². The fourth-order valence-electron chi connectivity index (χ4n) is 1.77. The lowest BCUT2D eigenvalue weighted by molar-refractivity contribution is 0.614. The SMILES string of the molecule is CCC(Nc1ccc(Cl)cc1Br)c1ccc(F)cn1. The third-order valence-corrected chi connectivity index (χ3v) is 3.67. The Bertz CT molecular complexity index is 560. The predicted molar refractivity (Wildman–Crippen MR) is 80.0 cm³/mol. The minimum atomic E-state index is -0.328. The molecule has 0 saturated carbocycles. The monoisotopic (exact) mass is 342 g/mol. The Morgan fingerprint density at radius 3 is 2.74 bits per heavy atom. The second-order valence-electron chi connectivity index (χ2n) is 4.13. The number of anilines is 1. The van der Waals surface area contributed by atoms with Crippen molar-refractivity contribution in [2.24, 2.45) is 0 Å².